The van der Waals surface area contributed by atoms with Gasteiger partial charge in [0, 0.05) is 0 Å². The van der Waals surface area contributed by atoms with Crippen molar-refractivity contribution in [3.05, 3.63) is 0 Å². The molecule has 0 saturated carbocycles. The summed E-state index contributed by atoms with van der Waals surface area (Å²) in [5.74, 6) is -0.958. The molecule has 0 unspecified atom stereocenters. The third-order valence-corrected chi connectivity index (χ3v) is 1.14. The number of rotatable bonds is 4. The van der Waals surface area contributed by atoms with Crippen LogP contribution in [0.4, 0.5) is 4.48 Å². The van der Waals surface area contributed by atoms with Crippen LogP contribution in [0.5, 0.6) is 0 Å². The second kappa shape index (κ2) is 4.22. The minimum Gasteiger partial charge on any atom is -0.480 e. The molecule has 4 heteroatoms. The Morgan fingerprint density at radius 3 is 2.30 bits per heavy atom. The van der Waals surface area contributed by atoms with Crippen LogP contribution in [0.25, 0.3) is 0 Å². The van der Waals surface area contributed by atoms with Gasteiger partial charge in [-0.1, -0.05) is 13.8 Å². The van der Waals surface area contributed by atoms with Crippen LogP contribution in [0.1, 0.15) is 20.3 Å². The highest BCUT2D eigenvalue weighted by atomic mass is 19.2. The molecule has 3 nitrogen and oxygen atoms in total. The van der Waals surface area contributed by atoms with E-state index in [0.29, 0.717) is 6.42 Å². The lowest BCUT2D eigenvalue weighted by atomic mass is 10.1. The Bertz CT molecular complexity index is 116. The van der Waals surface area contributed by atoms with Gasteiger partial charge in [0.2, 0.25) is 0 Å². The smallest absolute Gasteiger partial charge is 0.323 e. The van der Waals surface area contributed by atoms with E-state index < -0.39 is 12.0 Å². The topological polar surface area (TPSA) is 49.3 Å². The molecule has 0 aromatic rings. The van der Waals surface area contributed by atoms with Gasteiger partial charge in [0.05, 0.1) is 0 Å². The summed E-state index contributed by atoms with van der Waals surface area (Å²) in [5.41, 5.74) is 1.23. The summed E-state index contributed by atoms with van der Waals surface area (Å²) in [4.78, 5) is 10.2. The number of halogens is 1. The van der Waals surface area contributed by atoms with Crippen LogP contribution >= 0.6 is 0 Å². The van der Waals surface area contributed by atoms with Gasteiger partial charge in [0.15, 0.2) is 0 Å². The number of hydrogen-bond donors (Lipinski definition) is 2. The molecule has 0 fully saturated rings. The molecule has 2 N–H and O–H groups in total. The predicted octanol–water partition coefficient (Wildman–Crippen LogP) is 0.960. The van der Waals surface area contributed by atoms with Crippen LogP contribution in [0.2, 0.25) is 0 Å². The first kappa shape index (κ1) is 9.36. The molecule has 0 saturated heterocycles. The Balaban J connectivity index is 3.72. The second-order valence-electron chi connectivity index (χ2n) is 2.63. The van der Waals surface area contributed by atoms with E-state index in [0.717, 1.165) is 0 Å². The average Bonchev–Trinajstić information content (AvgIpc) is 1.81. The van der Waals surface area contributed by atoms with Gasteiger partial charge in [-0.2, -0.15) is 0 Å². The summed E-state index contributed by atoms with van der Waals surface area (Å²) < 4.78 is 11.6. The van der Waals surface area contributed by atoms with E-state index in [1.807, 2.05) is 13.8 Å². The van der Waals surface area contributed by atoms with E-state index in [1.165, 1.54) is 5.54 Å². The lowest BCUT2D eigenvalue weighted by Gasteiger charge is -2.09. The Kier molecular flexibility index (Phi) is 3.95. The fourth-order valence-electron chi connectivity index (χ4n) is 0.663. The van der Waals surface area contributed by atoms with Crippen molar-refractivity contribution in [2.45, 2.75) is 26.3 Å². The number of carbonyl (C=O) groups is 1. The van der Waals surface area contributed by atoms with E-state index in [1.54, 1.807) is 0 Å². The third-order valence-electron chi connectivity index (χ3n) is 1.14. The summed E-state index contributed by atoms with van der Waals surface area (Å²) in [5, 5.41) is 8.32. The minimum atomic E-state index is -1.14. The van der Waals surface area contributed by atoms with Crippen LogP contribution < -0.4 is 5.54 Å². The standard InChI is InChI=1S/C6H12FNO2/c1-4(2)3-5(8-7)6(9)10/h4-5,8H,3H2,1-2H3,(H,9,10)/t5-/m0/s1. The van der Waals surface area contributed by atoms with E-state index in [-0.39, 0.29) is 5.92 Å². The Morgan fingerprint density at radius 2 is 2.20 bits per heavy atom. The molecule has 60 valence electrons. The summed E-state index contributed by atoms with van der Waals surface area (Å²) >= 11 is 0. The van der Waals surface area contributed by atoms with E-state index in [9.17, 15) is 9.28 Å². The molecule has 0 aromatic heterocycles. The first-order valence-electron chi connectivity index (χ1n) is 3.17. The first-order chi connectivity index (χ1) is 4.57. The maximum absolute atomic E-state index is 11.6. The monoisotopic (exact) mass is 149 g/mol. The van der Waals surface area contributed by atoms with Crippen LogP contribution in [-0.4, -0.2) is 17.1 Å². The van der Waals surface area contributed by atoms with Crippen molar-refractivity contribution in [1.82, 2.24) is 5.54 Å². The van der Waals surface area contributed by atoms with Crippen LogP contribution in [0.3, 0.4) is 0 Å². The van der Waals surface area contributed by atoms with Crippen molar-refractivity contribution >= 4 is 5.97 Å². The van der Waals surface area contributed by atoms with Crippen molar-refractivity contribution in [2.24, 2.45) is 5.92 Å². The van der Waals surface area contributed by atoms with Crippen LogP contribution in [0, 0.1) is 5.92 Å². The summed E-state index contributed by atoms with van der Waals surface area (Å²) in [6, 6.07) is -1.06. The predicted molar refractivity (Wildman–Crippen MR) is 35.1 cm³/mol. The van der Waals surface area contributed by atoms with Gasteiger partial charge in [-0.3, -0.25) is 4.79 Å². The second-order valence-corrected chi connectivity index (χ2v) is 2.63. The summed E-state index contributed by atoms with van der Waals surface area (Å²) in [7, 11) is 0. The molecule has 0 amide bonds. The molecule has 10 heavy (non-hydrogen) atoms. The van der Waals surface area contributed by atoms with Crippen molar-refractivity contribution in [3.63, 3.8) is 0 Å². The molecular formula is C6H12FNO2. The number of hydrogen-bond acceptors (Lipinski definition) is 2. The number of carboxylic acid groups (broad SMARTS) is 1. The first-order valence-corrected chi connectivity index (χ1v) is 3.17. The Hall–Kier alpha value is -0.640. The maximum Gasteiger partial charge on any atom is 0.323 e. The zero-order chi connectivity index (χ0) is 8.15. The van der Waals surface area contributed by atoms with Crippen molar-refractivity contribution in [2.75, 3.05) is 0 Å². The van der Waals surface area contributed by atoms with Crippen LogP contribution in [0.15, 0.2) is 0 Å². The fourth-order valence-corrected chi connectivity index (χ4v) is 0.663. The molecule has 0 radical (unpaired) electrons. The van der Waals surface area contributed by atoms with Crippen molar-refractivity contribution in [1.29, 1.82) is 0 Å². The minimum absolute atomic E-state index is 0.185. The molecule has 0 aromatic carbocycles. The van der Waals surface area contributed by atoms with Crippen molar-refractivity contribution < 1.29 is 14.4 Å². The third kappa shape index (κ3) is 3.40. The van der Waals surface area contributed by atoms with Gasteiger partial charge in [-0.15, -0.1) is 10.0 Å². The lowest BCUT2D eigenvalue weighted by molar-refractivity contribution is -0.141. The van der Waals surface area contributed by atoms with Crippen molar-refractivity contribution in [3.8, 4) is 0 Å². The fraction of sp³-hybridized carbons (Fsp3) is 0.833. The molecule has 0 aliphatic rings. The van der Waals surface area contributed by atoms with Gasteiger partial charge in [0.25, 0.3) is 0 Å². The highest BCUT2D eigenvalue weighted by molar-refractivity contribution is 5.73. The maximum atomic E-state index is 11.6. The van der Waals surface area contributed by atoms with Crippen LogP contribution in [-0.2, 0) is 4.79 Å². The van der Waals surface area contributed by atoms with Gasteiger partial charge >= 0.3 is 5.97 Å². The Morgan fingerprint density at radius 1 is 1.70 bits per heavy atom. The van der Waals surface area contributed by atoms with E-state index in [2.05, 4.69) is 0 Å². The molecule has 0 heterocycles. The van der Waals surface area contributed by atoms with Gasteiger partial charge < -0.3 is 5.11 Å². The van der Waals surface area contributed by atoms with Gasteiger partial charge in [-0.25, -0.2) is 0 Å². The molecule has 0 rings (SSSR count). The highest BCUT2D eigenvalue weighted by Gasteiger charge is 2.17. The zero-order valence-electron chi connectivity index (χ0n) is 6.10. The zero-order valence-corrected chi connectivity index (χ0v) is 6.10. The molecule has 0 bridgehead atoms. The number of carboxylic acids is 1. The SMILES string of the molecule is CC(C)C[C@H](NF)C(=O)O. The highest BCUT2D eigenvalue weighted by Crippen LogP contribution is 2.04. The normalized spacial score (nSPS) is 13.6. The summed E-state index contributed by atoms with van der Waals surface area (Å²) in [6.45, 7) is 3.68. The Labute approximate surface area is 59.2 Å². The van der Waals surface area contributed by atoms with E-state index >= 15 is 0 Å². The molecular weight excluding hydrogens is 137 g/mol. The molecule has 0 spiro atoms. The number of nitrogens with one attached hydrogen (secondary N) is 1. The lowest BCUT2D eigenvalue weighted by Crippen LogP contribution is -2.32. The van der Waals surface area contributed by atoms with Gasteiger partial charge in [0.1, 0.15) is 6.04 Å². The number of aliphatic carboxylic acids is 1. The molecule has 0 aliphatic carbocycles. The largest absolute Gasteiger partial charge is 0.480 e. The molecule has 1 atom stereocenters. The van der Waals surface area contributed by atoms with E-state index in [4.69, 9.17) is 5.11 Å². The summed E-state index contributed by atoms with van der Waals surface area (Å²) in [6.07, 6.45) is 0.311. The molecule has 0 aliphatic heterocycles. The van der Waals surface area contributed by atoms with Gasteiger partial charge in [-0.05, 0) is 12.3 Å². The quantitative estimate of drug-likeness (QED) is 0.585. The average molecular weight is 149 g/mol.